The summed E-state index contributed by atoms with van der Waals surface area (Å²) >= 11 is 5.26. The van der Waals surface area contributed by atoms with E-state index in [1.807, 2.05) is 47.4 Å². The van der Waals surface area contributed by atoms with Crippen LogP contribution in [0.1, 0.15) is 0 Å². The molecule has 0 unspecified atom stereocenters. The monoisotopic (exact) mass is 308 g/mol. The second-order valence-corrected chi connectivity index (χ2v) is 5.30. The molecule has 2 N–H and O–H groups in total. The van der Waals surface area contributed by atoms with Gasteiger partial charge >= 0.3 is 0 Å². The van der Waals surface area contributed by atoms with Crippen molar-refractivity contribution in [3.63, 3.8) is 0 Å². The van der Waals surface area contributed by atoms with Crippen LogP contribution in [-0.2, 0) is 0 Å². The van der Waals surface area contributed by atoms with Gasteiger partial charge in [0, 0.05) is 5.69 Å². The minimum absolute atomic E-state index is 0.278. The molecule has 3 aromatic carbocycles. The summed E-state index contributed by atoms with van der Waals surface area (Å²) in [4.78, 5) is 1.82. The number of fused-ring (bicyclic) bond motifs is 1. The molecule has 0 spiro atoms. The van der Waals surface area contributed by atoms with E-state index >= 15 is 0 Å². The predicted octanol–water partition coefficient (Wildman–Crippen LogP) is 4.23. The fourth-order valence-corrected chi connectivity index (χ4v) is 2.72. The largest absolute Gasteiger partial charge is 0.495 e. The molecule has 4 heteroatoms. The summed E-state index contributed by atoms with van der Waals surface area (Å²) < 4.78 is 5.43. The highest BCUT2D eigenvalue weighted by molar-refractivity contribution is 7.80. The third-order valence-electron chi connectivity index (χ3n) is 3.54. The first kappa shape index (κ1) is 14.4. The highest BCUT2D eigenvalue weighted by atomic mass is 32.1. The normalized spacial score (nSPS) is 10.4. The average Bonchev–Trinajstić information content (AvgIpc) is 2.55. The van der Waals surface area contributed by atoms with Gasteiger partial charge in [-0.2, -0.15) is 0 Å². The van der Waals surface area contributed by atoms with Crippen LogP contribution in [0, 0.1) is 0 Å². The lowest BCUT2D eigenvalue weighted by molar-refractivity contribution is 0.416. The lowest BCUT2D eigenvalue weighted by atomic mass is 10.1. The second-order valence-electron chi connectivity index (χ2n) is 4.88. The van der Waals surface area contributed by atoms with E-state index in [9.17, 15) is 0 Å². The zero-order valence-electron chi connectivity index (χ0n) is 12.2. The molecule has 0 radical (unpaired) electrons. The van der Waals surface area contributed by atoms with Gasteiger partial charge in [-0.05, 0) is 47.3 Å². The van der Waals surface area contributed by atoms with Gasteiger partial charge in [-0.15, -0.1) is 0 Å². The molecule has 0 amide bonds. The van der Waals surface area contributed by atoms with E-state index in [2.05, 4.69) is 24.3 Å². The van der Waals surface area contributed by atoms with Crippen molar-refractivity contribution in [1.82, 2.24) is 0 Å². The van der Waals surface area contributed by atoms with Gasteiger partial charge < -0.3 is 10.5 Å². The van der Waals surface area contributed by atoms with Crippen molar-refractivity contribution < 1.29 is 4.74 Å². The average molecular weight is 308 g/mol. The first-order valence-corrected chi connectivity index (χ1v) is 7.33. The molecule has 0 aliphatic heterocycles. The van der Waals surface area contributed by atoms with Crippen molar-refractivity contribution in [3.05, 3.63) is 66.7 Å². The van der Waals surface area contributed by atoms with Gasteiger partial charge in [0.2, 0.25) is 0 Å². The van der Waals surface area contributed by atoms with Gasteiger partial charge in [-0.25, -0.2) is 0 Å². The van der Waals surface area contributed by atoms with E-state index in [1.165, 1.54) is 5.39 Å². The highest BCUT2D eigenvalue weighted by Gasteiger charge is 2.16. The van der Waals surface area contributed by atoms with Crippen molar-refractivity contribution in [2.24, 2.45) is 5.73 Å². The minimum atomic E-state index is 0.278. The summed E-state index contributed by atoms with van der Waals surface area (Å²) in [5.41, 5.74) is 7.71. The Morgan fingerprint density at radius 1 is 0.955 bits per heavy atom. The molecule has 0 aromatic heterocycles. The smallest absolute Gasteiger partial charge is 0.175 e. The molecule has 0 bridgehead atoms. The van der Waals surface area contributed by atoms with Crippen molar-refractivity contribution in [3.8, 4) is 5.75 Å². The number of ether oxygens (including phenoxy) is 1. The van der Waals surface area contributed by atoms with Gasteiger partial charge in [-0.3, -0.25) is 4.90 Å². The zero-order chi connectivity index (χ0) is 15.5. The van der Waals surface area contributed by atoms with Crippen LogP contribution < -0.4 is 15.4 Å². The van der Waals surface area contributed by atoms with Crippen LogP contribution in [-0.4, -0.2) is 12.2 Å². The molecule has 0 atom stereocenters. The van der Waals surface area contributed by atoms with Crippen LogP contribution >= 0.6 is 12.2 Å². The summed E-state index contributed by atoms with van der Waals surface area (Å²) in [6, 6.07) is 22.0. The molecule has 0 aliphatic carbocycles. The maximum Gasteiger partial charge on any atom is 0.175 e. The third kappa shape index (κ3) is 2.61. The summed E-state index contributed by atoms with van der Waals surface area (Å²) in [6.07, 6.45) is 0. The summed E-state index contributed by atoms with van der Waals surface area (Å²) in [7, 11) is 1.64. The number of thiocarbonyl (C=S) groups is 1. The summed E-state index contributed by atoms with van der Waals surface area (Å²) in [5.74, 6) is 0.725. The van der Waals surface area contributed by atoms with E-state index in [0.717, 1.165) is 22.5 Å². The Bertz CT molecular complexity index is 832. The van der Waals surface area contributed by atoms with Crippen molar-refractivity contribution in [2.45, 2.75) is 0 Å². The lowest BCUT2D eigenvalue weighted by Crippen LogP contribution is -2.31. The van der Waals surface area contributed by atoms with Crippen LogP contribution in [0.3, 0.4) is 0 Å². The van der Waals surface area contributed by atoms with E-state index in [1.54, 1.807) is 7.11 Å². The molecule has 3 rings (SSSR count). The Kier molecular flexibility index (Phi) is 3.94. The molecular formula is C18H16N2OS. The number of benzene rings is 3. The zero-order valence-corrected chi connectivity index (χ0v) is 13.0. The maximum atomic E-state index is 5.97. The Morgan fingerprint density at radius 2 is 1.64 bits per heavy atom. The Hall–Kier alpha value is -2.59. The molecule has 110 valence electrons. The van der Waals surface area contributed by atoms with Crippen LogP contribution in [0.5, 0.6) is 5.75 Å². The van der Waals surface area contributed by atoms with E-state index < -0.39 is 0 Å². The molecule has 22 heavy (non-hydrogen) atoms. The van der Waals surface area contributed by atoms with Crippen LogP contribution in [0.2, 0.25) is 0 Å². The van der Waals surface area contributed by atoms with Gasteiger partial charge in [0.1, 0.15) is 5.75 Å². The highest BCUT2D eigenvalue weighted by Crippen LogP contribution is 2.34. The Labute approximate surface area is 134 Å². The number of methoxy groups -OCH3 is 1. The predicted molar refractivity (Wildman–Crippen MR) is 95.9 cm³/mol. The quantitative estimate of drug-likeness (QED) is 0.735. The molecule has 3 aromatic rings. The van der Waals surface area contributed by atoms with E-state index in [-0.39, 0.29) is 5.11 Å². The van der Waals surface area contributed by atoms with Gasteiger partial charge in [0.15, 0.2) is 5.11 Å². The number of anilines is 2. The Morgan fingerprint density at radius 3 is 2.36 bits per heavy atom. The molecular weight excluding hydrogens is 292 g/mol. The molecule has 3 nitrogen and oxygen atoms in total. The molecule has 0 fully saturated rings. The first-order chi connectivity index (χ1) is 10.7. The number of nitrogens with zero attached hydrogens (tertiary/aromatic N) is 1. The lowest BCUT2D eigenvalue weighted by Gasteiger charge is -2.25. The van der Waals surface area contributed by atoms with Crippen LogP contribution in [0.15, 0.2) is 66.7 Å². The molecule has 0 saturated heterocycles. The fraction of sp³-hybridized carbons (Fsp3) is 0.0556. The number of para-hydroxylation sites is 2. The molecule has 0 aliphatic rings. The number of hydrogen-bond donors (Lipinski definition) is 1. The molecule has 0 heterocycles. The second kappa shape index (κ2) is 6.03. The topological polar surface area (TPSA) is 38.5 Å². The standard InChI is InChI=1S/C18H16N2OS/c1-21-17-9-5-4-8-16(17)20(18(19)22)15-11-10-13-6-2-3-7-14(13)12-15/h2-12H,1H3,(H2,19,22). The fourth-order valence-electron chi connectivity index (χ4n) is 2.52. The van der Waals surface area contributed by atoms with Gasteiger partial charge in [-0.1, -0.05) is 42.5 Å². The summed E-state index contributed by atoms with van der Waals surface area (Å²) in [5, 5.41) is 2.59. The number of rotatable bonds is 3. The first-order valence-electron chi connectivity index (χ1n) is 6.92. The van der Waals surface area contributed by atoms with Crippen molar-refractivity contribution in [2.75, 3.05) is 12.0 Å². The van der Waals surface area contributed by atoms with E-state index in [4.69, 9.17) is 22.7 Å². The number of nitrogens with two attached hydrogens (primary N) is 1. The van der Waals surface area contributed by atoms with Gasteiger partial charge in [0.25, 0.3) is 0 Å². The SMILES string of the molecule is COc1ccccc1N(C(N)=S)c1ccc2ccccc2c1. The van der Waals surface area contributed by atoms with Gasteiger partial charge in [0.05, 0.1) is 12.8 Å². The van der Waals surface area contributed by atoms with Crippen molar-refractivity contribution in [1.29, 1.82) is 0 Å². The Balaban J connectivity index is 2.16. The third-order valence-corrected chi connectivity index (χ3v) is 3.72. The minimum Gasteiger partial charge on any atom is -0.495 e. The summed E-state index contributed by atoms with van der Waals surface area (Å²) in [6.45, 7) is 0. The molecule has 0 saturated carbocycles. The van der Waals surface area contributed by atoms with Crippen molar-refractivity contribution >= 4 is 39.5 Å². The van der Waals surface area contributed by atoms with E-state index in [0.29, 0.717) is 0 Å². The maximum absolute atomic E-state index is 5.97. The van der Waals surface area contributed by atoms with Crippen LogP contribution in [0.25, 0.3) is 10.8 Å². The van der Waals surface area contributed by atoms with Crippen LogP contribution in [0.4, 0.5) is 11.4 Å². The number of hydrogen-bond acceptors (Lipinski definition) is 2.